The highest BCUT2D eigenvalue weighted by molar-refractivity contribution is 7.98. The first kappa shape index (κ1) is 19.5. The van der Waals surface area contributed by atoms with Crippen LogP contribution in [0, 0.1) is 0 Å². The molecule has 2 N–H and O–H groups in total. The highest BCUT2D eigenvalue weighted by atomic mass is 35.5. The Labute approximate surface area is 167 Å². The number of aromatic nitrogens is 3. The Bertz CT molecular complexity index is 1010. The molecular formula is C20H21ClN4OS. The number of halogens is 1. The maximum Gasteiger partial charge on any atom is 0.287 e. The smallest absolute Gasteiger partial charge is 0.287 e. The van der Waals surface area contributed by atoms with Crippen molar-refractivity contribution >= 4 is 29.1 Å². The Kier molecular flexibility index (Phi) is 5.58. The van der Waals surface area contributed by atoms with Gasteiger partial charge in [0.25, 0.3) is 5.56 Å². The van der Waals surface area contributed by atoms with Crippen LogP contribution in [0.15, 0.2) is 58.5 Å². The first-order valence-corrected chi connectivity index (χ1v) is 9.84. The van der Waals surface area contributed by atoms with Crippen molar-refractivity contribution in [3.05, 3.63) is 69.7 Å². The van der Waals surface area contributed by atoms with E-state index in [2.05, 4.69) is 10.1 Å². The second kappa shape index (κ2) is 7.74. The van der Waals surface area contributed by atoms with Gasteiger partial charge < -0.3 is 5.73 Å². The van der Waals surface area contributed by atoms with Gasteiger partial charge in [-0.3, -0.25) is 9.78 Å². The lowest BCUT2D eigenvalue weighted by Crippen LogP contribution is -2.36. The molecule has 1 aromatic carbocycles. The molecule has 0 amide bonds. The Hall–Kier alpha value is -2.31. The molecule has 27 heavy (non-hydrogen) atoms. The Morgan fingerprint density at radius 1 is 1.19 bits per heavy atom. The van der Waals surface area contributed by atoms with Gasteiger partial charge in [0.05, 0.1) is 22.3 Å². The monoisotopic (exact) mass is 400 g/mol. The molecule has 0 atom stereocenters. The Morgan fingerprint density at radius 2 is 1.89 bits per heavy atom. The molecule has 0 radical (unpaired) electrons. The fourth-order valence-electron chi connectivity index (χ4n) is 2.53. The lowest BCUT2D eigenvalue weighted by molar-refractivity contribution is 0.336. The minimum Gasteiger partial charge on any atom is -0.399 e. The topological polar surface area (TPSA) is 73.8 Å². The summed E-state index contributed by atoms with van der Waals surface area (Å²) in [6, 6.07) is 11.7. The fourth-order valence-corrected chi connectivity index (χ4v) is 3.68. The summed E-state index contributed by atoms with van der Waals surface area (Å²) < 4.78 is 1.41. The number of pyridine rings is 1. The van der Waals surface area contributed by atoms with Crippen molar-refractivity contribution in [3.63, 3.8) is 0 Å². The molecule has 0 aliphatic heterocycles. The van der Waals surface area contributed by atoms with Crippen LogP contribution >= 0.6 is 23.4 Å². The largest absolute Gasteiger partial charge is 0.399 e. The second-order valence-electron chi connectivity index (χ2n) is 7.17. The molecule has 7 heteroatoms. The quantitative estimate of drug-likeness (QED) is 0.648. The maximum atomic E-state index is 12.4. The van der Waals surface area contributed by atoms with E-state index in [0.717, 1.165) is 16.8 Å². The van der Waals surface area contributed by atoms with Gasteiger partial charge in [0.2, 0.25) is 0 Å². The van der Waals surface area contributed by atoms with E-state index in [1.165, 1.54) is 16.4 Å². The third-order valence-electron chi connectivity index (χ3n) is 3.95. The summed E-state index contributed by atoms with van der Waals surface area (Å²) in [4.78, 5) is 17.4. The SMILES string of the molecule is CC(C)(C)n1ncc(SCc2ccc(-c3cc(N)ccn3)cc2)c(Cl)c1=O. The molecule has 5 nitrogen and oxygen atoms in total. The van der Waals surface area contributed by atoms with Gasteiger partial charge in [0.15, 0.2) is 0 Å². The van der Waals surface area contributed by atoms with Crippen molar-refractivity contribution in [2.75, 3.05) is 5.73 Å². The lowest BCUT2D eigenvalue weighted by atomic mass is 10.1. The molecule has 0 fully saturated rings. The van der Waals surface area contributed by atoms with Crippen molar-refractivity contribution in [3.8, 4) is 11.3 Å². The van der Waals surface area contributed by atoms with Crippen LogP contribution in [0.25, 0.3) is 11.3 Å². The van der Waals surface area contributed by atoms with E-state index in [1.807, 2.05) is 51.1 Å². The second-order valence-corrected chi connectivity index (χ2v) is 8.57. The molecule has 140 valence electrons. The molecule has 2 aromatic heterocycles. The van der Waals surface area contributed by atoms with E-state index >= 15 is 0 Å². The minimum absolute atomic E-state index is 0.213. The number of rotatable bonds is 4. The van der Waals surface area contributed by atoms with Crippen LogP contribution in [0.3, 0.4) is 0 Å². The van der Waals surface area contributed by atoms with Gasteiger partial charge in [-0.15, -0.1) is 11.8 Å². The van der Waals surface area contributed by atoms with Gasteiger partial charge in [-0.25, -0.2) is 4.68 Å². The third kappa shape index (κ3) is 4.51. The molecule has 0 unspecified atom stereocenters. The Morgan fingerprint density at radius 3 is 2.52 bits per heavy atom. The summed E-state index contributed by atoms with van der Waals surface area (Å²) in [6.07, 6.45) is 3.36. The number of hydrogen-bond donors (Lipinski definition) is 1. The molecule has 0 aliphatic rings. The van der Waals surface area contributed by atoms with E-state index in [-0.39, 0.29) is 10.6 Å². The highest BCUT2D eigenvalue weighted by Crippen LogP contribution is 2.28. The van der Waals surface area contributed by atoms with Gasteiger partial charge in [-0.2, -0.15) is 5.10 Å². The number of anilines is 1. The standard InChI is InChI=1S/C20H21ClN4OS/c1-20(2,3)25-19(26)18(21)17(11-24-25)27-12-13-4-6-14(7-5-13)16-10-15(22)8-9-23-16/h4-11H,12H2,1-3H3,(H2,22,23). The molecular weight excluding hydrogens is 380 g/mol. The number of benzene rings is 1. The number of nitrogens with zero attached hydrogens (tertiary/aromatic N) is 3. The number of nitrogens with two attached hydrogens (primary N) is 1. The lowest BCUT2D eigenvalue weighted by Gasteiger charge is -2.21. The van der Waals surface area contributed by atoms with E-state index < -0.39 is 5.54 Å². The van der Waals surface area contributed by atoms with E-state index in [1.54, 1.807) is 18.5 Å². The van der Waals surface area contributed by atoms with Crippen molar-refractivity contribution in [1.82, 2.24) is 14.8 Å². The van der Waals surface area contributed by atoms with Crippen LogP contribution in [0.1, 0.15) is 26.3 Å². The summed E-state index contributed by atoms with van der Waals surface area (Å²) >= 11 is 7.77. The molecule has 2 heterocycles. The van der Waals surface area contributed by atoms with Gasteiger partial charge in [-0.1, -0.05) is 35.9 Å². The molecule has 3 rings (SSSR count). The summed E-state index contributed by atoms with van der Waals surface area (Å²) in [7, 11) is 0. The summed E-state index contributed by atoms with van der Waals surface area (Å²) in [6.45, 7) is 5.75. The van der Waals surface area contributed by atoms with E-state index in [0.29, 0.717) is 16.3 Å². The van der Waals surface area contributed by atoms with Gasteiger partial charge in [0.1, 0.15) is 5.02 Å². The third-order valence-corrected chi connectivity index (χ3v) is 5.53. The van der Waals surface area contributed by atoms with Crippen LogP contribution in [-0.4, -0.2) is 14.8 Å². The highest BCUT2D eigenvalue weighted by Gasteiger charge is 2.19. The predicted molar refractivity (Wildman–Crippen MR) is 112 cm³/mol. The predicted octanol–water partition coefficient (Wildman–Crippen LogP) is 4.59. The van der Waals surface area contributed by atoms with E-state index in [4.69, 9.17) is 17.3 Å². The summed E-state index contributed by atoms with van der Waals surface area (Å²) in [5.74, 6) is 0.686. The molecule has 3 aromatic rings. The van der Waals surface area contributed by atoms with Crippen molar-refractivity contribution in [2.24, 2.45) is 0 Å². The van der Waals surface area contributed by atoms with Crippen LogP contribution in [0.2, 0.25) is 5.02 Å². The van der Waals surface area contributed by atoms with Gasteiger partial charge in [0, 0.05) is 23.2 Å². The van der Waals surface area contributed by atoms with E-state index in [9.17, 15) is 4.79 Å². The van der Waals surface area contributed by atoms with Gasteiger partial charge in [-0.05, 0) is 38.5 Å². The van der Waals surface area contributed by atoms with Crippen molar-refractivity contribution in [2.45, 2.75) is 37.0 Å². The molecule has 0 saturated heterocycles. The molecule has 0 bridgehead atoms. The molecule has 0 saturated carbocycles. The fraction of sp³-hybridized carbons (Fsp3) is 0.250. The van der Waals surface area contributed by atoms with Crippen LogP contribution in [0.5, 0.6) is 0 Å². The van der Waals surface area contributed by atoms with Crippen molar-refractivity contribution < 1.29 is 0 Å². The zero-order valence-corrected chi connectivity index (χ0v) is 17.0. The number of nitrogen functional groups attached to an aromatic ring is 1. The molecule has 0 aliphatic carbocycles. The van der Waals surface area contributed by atoms with Crippen molar-refractivity contribution in [1.29, 1.82) is 0 Å². The average Bonchev–Trinajstić information content (AvgIpc) is 2.62. The maximum absolute atomic E-state index is 12.4. The van der Waals surface area contributed by atoms with Crippen LogP contribution < -0.4 is 11.3 Å². The zero-order chi connectivity index (χ0) is 19.6. The first-order chi connectivity index (χ1) is 12.8. The zero-order valence-electron chi connectivity index (χ0n) is 15.4. The average molecular weight is 401 g/mol. The number of thioether (sulfide) groups is 1. The summed E-state index contributed by atoms with van der Waals surface area (Å²) in [5, 5.41) is 4.48. The van der Waals surface area contributed by atoms with Crippen LogP contribution in [-0.2, 0) is 11.3 Å². The summed E-state index contributed by atoms with van der Waals surface area (Å²) in [5.41, 5.74) is 8.78. The molecule has 0 spiro atoms. The van der Waals surface area contributed by atoms with Gasteiger partial charge >= 0.3 is 0 Å². The first-order valence-electron chi connectivity index (χ1n) is 8.47. The van der Waals surface area contributed by atoms with Crippen LogP contribution in [0.4, 0.5) is 5.69 Å². The number of hydrogen-bond acceptors (Lipinski definition) is 5. The minimum atomic E-state index is -0.408. The normalized spacial score (nSPS) is 11.6. The Balaban J connectivity index is 1.74.